The van der Waals surface area contributed by atoms with E-state index in [1.54, 1.807) is 14.2 Å². The lowest BCUT2D eigenvalue weighted by atomic mass is 9.91. The van der Waals surface area contributed by atoms with Crippen LogP contribution in [-0.2, 0) is 9.53 Å². The Kier molecular flexibility index (Phi) is 6.64. The predicted molar refractivity (Wildman–Crippen MR) is 139 cm³/mol. The molecule has 1 saturated heterocycles. The van der Waals surface area contributed by atoms with Crippen molar-refractivity contribution in [3.63, 3.8) is 0 Å². The van der Waals surface area contributed by atoms with Gasteiger partial charge in [-0.2, -0.15) is 0 Å². The van der Waals surface area contributed by atoms with Crippen LogP contribution in [0.4, 0.5) is 5.69 Å². The van der Waals surface area contributed by atoms with Gasteiger partial charge in [0.2, 0.25) is 0 Å². The summed E-state index contributed by atoms with van der Waals surface area (Å²) in [7, 11) is 3.24. The van der Waals surface area contributed by atoms with Gasteiger partial charge < -0.3 is 29.0 Å². The fourth-order valence-corrected chi connectivity index (χ4v) is 4.76. The predicted octanol–water partition coefficient (Wildman–Crippen LogP) is 5.27. The van der Waals surface area contributed by atoms with Crippen LogP contribution < -0.4 is 19.1 Å². The molecule has 5 rings (SSSR count). The molecule has 36 heavy (non-hydrogen) atoms. The molecule has 0 spiro atoms. The molecular formula is C29H27NO6. The van der Waals surface area contributed by atoms with Crippen molar-refractivity contribution < 1.29 is 28.8 Å². The molecule has 7 heteroatoms. The average Bonchev–Trinajstić information content (AvgIpc) is 2.93. The molecule has 0 aliphatic carbocycles. The zero-order valence-electron chi connectivity index (χ0n) is 20.2. The van der Waals surface area contributed by atoms with Gasteiger partial charge in [-0.25, -0.2) is 0 Å². The third-order valence-corrected chi connectivity index (χ3v) is 6.48. The van der Waals surface area contributed by atoms with E-state index in [0.717, 1.165) is 33.3 Å². The quantitative estimate of drug-likeness (QED) is 0.358. The molecule has 1 aliphatic heterocycles. The van der Waals surface area contributed by atoms with Crippen LogP contribution in [0.25, 0.3) is 33.0 Å². The normalized spacial score (nSPS) is 13.4. The highest BCUT2D eigenvalue weighted by Crippen LogP contribution is 2.47. The molecule has 184 valence electrons. The van der Waals surface area contributed by atoms with E-state index in [1.807, 2.05) is 54.6 Å². The molecule has 0 aromatic heterocycles. The van der Waals surface area contributed by atoms with E-state index in [2.05, 4.69) is 11.0 Å². The SMILES string of the molecule is COc1ccc(-c2cc3c(O)cc(OC=O)c(-c4ccccc4)c3cc2N2CCOCC2)c(OC)c1. The van der Waals surface area contributed by atoms with Crippen LogP contribution in [0.3, 0.4) is 0 Å². The molecule has 0 radical (unpaired) electrons. The first-order chi connectivity index (χ1) is 17.6. The van der Waals surface area contributed by atoms with Crippen molar-refractivity contribution in [2.24, 2.45) is 0 Å². The first-order valence-corrected chi connectivity index (χ1v) is 11.7. The number of rotatable bonds is 7. The Balaban J connectivity index is 1.84. The summed E-state index contributed by atoms with van der Waals surface area (Å²) >= 11 is 0. The molecule has 4 aromatic carbocycles. The lowest BCUT2D eigenvalue weighted by Crippen LogP contribution is -2.36. The maximum atomic E-state index is 11.3. The number of morpholine rings is 1. The van der Waals surface area contributed by atoms with Crippen molar-refractivity contribution in [1.29, 1.82) is 0 Å². The van der Waals surface area contributed by atoms with Gasteiger partial charge in [0.15, 0.2) is 0 Å². The minimum atomic E-state index is 0.0174. The molecule has 4 aromatic rings. The number of hydrogen-bond acceptors (Lipinski definition) is 7. The van der Waals surface area contributed by atoms with E-state index in [4.69, 9.17) is 18.9 Å². The number of nitrogens with zero attached hydrogens (tertiary/aromatic N) is 1. The number of phenolic OH excluding ortho intramolecular Hbond substituents is 1. The van der Waals surface area contributed by atoms with Crippen LogP contribution in [0.1, 0.15) is 0 Å². The number of carbonyl (C=O) groups is 1. The smallest absolute Gasteiger partial charge is 0.298 e. The number of benzene rings is 4. The highest BCUT2D eigenvalue weighted by atomic mass is 16.5. The minimum absolute atomic E-state index is 0.0174. The van der Waals surface area contributed by atoms with Crippen LogP contribution >= 0.6 is 0 Å². The number of fused-ring (bicyclic) bond motifs is 1. The van der Waals surface area contributed by atoms with E-state index in [9.17, 15) is 9.90 Å². The van der Waals surface area contributed by atoms with Gasteiger partial charge >= 0.3 is 0 Å². The van der Waals surface area contributed by atoms with Crippen LogP contribution in [0.15, 0.2) is 66.7 Å². The number of ether oxygens (including phenoxy) is 4. The Morgan fingerprint density at radius 1 is 0.861 bits per heavy atom. The Morgan fingerprint density at radius 2 is 1.64 bits per heavy atom. The fourth-order valence-electron chi connectivity index (χ4n) is 4.76. The van der Waals surface area contributed by atoms with E-state index in [0.29, 0.717) is 55.4 Å². The summed E-state index contributed by atoms with van der Waals surface area (Å²) in [5, 5.41) is 12.5. The third kappa shape index (κ3) is 4.29. The highest BCUT2D eigenvalue weighted by Gasteiger charge is 2.23. The molecule has 0 bridgehead atoms. The topological polar surface area (TPSA) is 77.5 Å². The van der Waals surface area contributed by atoms with Gasteiger partial charge in [-0.3, -0.25) is 4.79 Å². The Hall–Kier alpha value is -4.23. The second kappa shape index (κ2) is 10.2. The van der Waals surface area contributed by atoms with E-state index in [1.165, 1.54) is 6.07 Å². The summed E-state index contributed by atoms with van der Waals surface area (Å²) in [6.07, 6.45) is 0. The van der Waals surface area contributed by atoms with Gasteiger partial charge in [-0.05, 0) is 35.2 Å². The lowest BCUT2D eigenvalue weighted by molar-refractivity contribution is -0.120. The molecule has 0 unspecified atom stereocenters. The van der Waals surface area contributed by atoms with Crippen molar-refractivity contribution in [3.8, 4) is 45.3 Å². The Bertz CT molecular complexity index is 1400. The van der Waals surface area contributed by atoms with Crippen LogP contribution in [0, 0.1) is 0 Å². The van der Waals surface area contributed by atoms with Crippen molar-refractivity contribution >= 4 is 22.9 Å². The fraction of sp³-hybridized carbons (Fsp3) is 0.207. The number of hydrogen-bond donors (Lipinski definition) is 1. The Morgan fingerprint density at radius 3 is 2.33 bits per heavy atom. The summed E-state index contributed by atoms with van der Waals surface area (Å²) in [5.74, 6) is 1.66. The summed E-state index contributed by atoms with van der Waals surface area (Å²) in [4.78, 5) is 13.6. The zero-order chi connectivity index (χ0) is 25.1. The number of methoxy groups -OCH3 is 2. The second-order valence-electron chi connectivity index (χ2n) is 8.43. The second-order valence-corrected chi connectivity index (χ2v) is 8.43. The van der Waals surface area contributed by atoms with E-state index in [-0.39, 0.29) is 5.75 Å². The van der Waals surface area contributed by atoms with Gasteiger partial charge in [0, 0.05) is 53.0 Å². The molecule has 0 amide bonds. The molecule has 1 N–H and O–H groups in total. The molecule has 1 fully saturated rings. The number of carbonyl (C=O) groups excluding carboxylic acids is 1. The standard InChI is InChI=1S/C29H27NO6/c1-33-20-8-9-21(27(14-20)34-2)22-15-23-24(16-25(22)30-10-12-35-13-11-30)29(19-6-4-3-5-7-19)28(36-18-31)17-26(23)32/h3-9,14-18,32H,10-13H2,1-2H3. The summed E-state index contributed by atoms with van der Waals surface area (Å²) in [5.41, 5.74) is 4.35. The molecule has 7 nitrogen and oxygen atoms in total. The summed E-state index contributed by atoms with van der Waals surface area (Å²) in [6.45, 7) is 3.04. The van der Waals surface area contributed by atoms with Crippen molar-refractivity contribution in [3.05, 3.63) is 66.7 Å². The van der Waals surface area contributed by atoms with Gasteiger partial charge in [-0.1, -0.05) is 30.3 Å². The number of phenols is 1. The van der Waals surface area contributed by atoms with Gasteiger partial charge in [0.25, 0.3) is 6.47 Å². The van der Waals surface area contributed by atoms with Crippen LogP contribution in [0.2, 0.25) is 0 Å². The summed E-state index contributed by atoms with van der Waals surface area (Å²) in [6, 6.07) is 20.9. The number of anilines is 1. The van der Waals surface area contributed by atoms with E-state index < -0.39 is 0 Å². The van der Waals surface area contributed by atoms with E-state index >= 15 is 0 Å². The molecule has 0 saturated carbocycles. The largest absolute Gasteiger partial charge is 0.507 e. The van der Waals surface area contributed by atoms with Crippen molar-refractivity contribution in [1.82, 2.24) is 0 Å². The van der Waals surface area contributed by atoms with Gasteiger partial charge in [-0.15, -0.1) is 0 Å². The molecular weight excluding hydrogens is 458 g/mol. The first-order valence-electron chi connectivity index (χ1n) is 11.7. The minimum Gasteiger partial charge on any atom is -0.507 e. The monoisotopic (exact) mass is 485 g/mol. The third-order valence-electron chi connectivity index (χ3n) is 6.48. The Labute approximate surface area is 209 Å². The van der Waals surface area contributed by atoms with Crippen LogP contribution in [0.5, 0.6) is 23.0 Å². The van der Waals surface area contributed by atoms with Crippen molar-refractivity contribution in [2.45, 2.75) is 0 Å². The zero-order valence-corrected chi connectivity index (χ0v) is 20.2. The first kappa shape index (κ1) is 23.5. The van der Waals surface area contributed by atoms with Gasteiger partial charge in [0.05, 0.1) is 27.4 Å². The van der Waals surface area contributed by atoms with Crippen molar-refractivity contribution in [2.75, 3.05) is 45.4 Å². The number of aromatic hydroxyl groups is 1. The van der Waals surface area contributed by atoms with Gasteiger partial charge in [0.1, 0.15) is 23.0 Å². The molecule has 1 aliphatic rings. The molecule has 1 heterocycles. The summed E-state index contributed by atoms with van der Waals surface area (Å²) < 4.78 is 22.1. The molecule has 0 atom stereocenters. The lowest BCUT2D eigenvalue weighted by Gasteiger charge is -2.31. The maximum Gasteiger partial charge on any atom is 0.298 e. The average molecular weight is 486 g/mol. The highest BCUT2D eigenvalue weighted by molar-refractivity contribution is 6.08. The maximum absolute atomic E-state index is 11.3. The van der Waals surface area contributed by atoms with Crippen LogP contribution in [-0.4, -0.2) is 52.1 Å².